The van der Waals surface area contributed by atoms with Gasteiger partial charge in [-0.1, -0.05) is 6.42 Å². The number of aromatic amines is 1. The van der Waals surface area contributed by atoms with E-state index in [-0.39, 0.29) is 16.7 Å². The predicted octanol–water partition coefficient (Wildman–Crippen LogP) is 1.15. The Hall–Kier alpha value is -1.34. The van der Waals surface area contributed by atoms with Crippen LogP contribution in [0.4, 0.5) is 0 Å². The van der Waals surface area contributed by atoms with Gasteiger partial charge in [0.05, 0.1) is 0 Å². The Labute approximate surface area is 106 Å². The summed E-state index contributed by atoms with van der Waals surface area (Å²) in [7, 11) is -3.79. The summed E-state index contributed by atoms with van der Waals surface area (Å²) in [6.07, 6.45) is 6.16. The molecule has 1 fully saturated rings. The fourth-order valence-electron chi connectivity index (χ4n) is 2.05. The second kappa shape index (κ2) is 5.11. The first-order chi connectivity index (χ1) is 8.47. The van der Waals surface area contributed by atoms with Gasteiger partial charge >= 0.3 is 5.97 Å². The lowest BCUT2D eigenvalue weighted by Gasteiger charge is -2.21. The molecule has 7 heteroatoms. The maximum absolute atomic E-state index is 11.8. The molecule has 0 bridgehead atoms. The molecule has 1 aliphatic carbocycles. The Morgan fingerprint density at radius 1 is 1.33 bits per heavy atom. The van der Waals surface area contributed by atoms with E-state index in [0.717, 1.165) is 25.7 Å². The van der Waals surface area contributed by atoms with Crippen molar-refractivity contribution in [1.29, 1.82) is 0 Å². The van der Waals surface area contributed by atoms with E-state index in [9.17, 15) is 13.2 Å². The summed E-state index contributed by atoms with van der Waals surface area (Å²) in [6.45, 7) is 0. The van der Waals surface area contributed by atoms with E-state index in [1.807, 2.05) is 0 Å². The Morgan fingerprint density at radius 3 is 2.56 bits per heavy atom. The number of rotatable bonds is 3. The molecule has 0 saturated heterocycles. The third-order valence-corrected chi connectivity index (χ3v) is 3.92. The molecule has 1 aromatic heterocycles. The number of ether oxygens (including phenoxy) is 1. The molecule has 0 unspecified atom stereocenters. The highest BCUT2D eigenvalue weighted by Gasteiger charge is 2.21. The number of hydrogen-bond acceptors (Lipinski definition) is 4. The fraction of sp³-hybridized carbons (Fsp3) is 0.545. The Kier molecular flexibility index (Phi) is 3.72. The van der Waals surface area contributed by atoms with Gasteiger partial charge in [0.15, 0.2) is 0 Å². The summed E-state index contributed by atoms with van der Waals surface area (Å²) in [5.74, 6) is -0.531. The summed E-state index contributed by atoms with van der Waals surface area (Å²) in [6, 6.07) is 1.19. The first-order valence-corrected chi connectivity index (χ1v) is 7.43. The average Bonchev–Trinajstić information content (AvgIpc) is 2.79. The van der Waals surface area contributed by atoms with Crippen molar-refractivity contribution >= 4 is 16.0 Å². The summed E-state index contributed by atoms with van der Waals surface area (Å²) < 4.78 is 27.4. The monoisotopic (exact) mass is 272 g/mol. The van der Waals surface area contributed by atoms with Crippen LogP contribution in [0.15, 0.2) is 17.2 Å². The second-order valence-electron chi connectivity index (χ2n) is 4.46. The van der Waals surface area contributed by atoms with Gasteiger partial charge < -0.3 is 9.72 Å². The van der Waals surface area contributed by atoms with Gasteiger partial charge in [0, 0.05) is 6.20 Å². The van der Waals surface area contributed by atoms with Crippen molar-refractivity contribution in [2.75, 3.05) is 0 Å². The van der Waals surface area contributed by atoms with Crippen LogP contribution in [0.3, 0.4) is 0 Å². The van der Waals surface area contributed by atoms with Gasteiger partial charge in [0.1, 0.15) is 16.7 Å². The number of carbonyl (C=O) groups is 1. The molecule has 0 aromatic carbocycles. The number of nitrogens with one attached hydrogen (secondary N) is 1. The van der Waals surface area contributed by atoms with E-state index >= 15 is 0 Å². The summed E-state index contributed by atoms with van der Waals surface area (Å²) in [5, 5.41) is 4.95. The maximum Gasteiger partial charge on any atom is 0.355 e. The van der Waals surface area contributed by atoms with Crippen molar-refractivity contribution in [1.82, 2.24) is 4.98 Å². The molecular weight excluding hydrogens is 256 g/mol. The fourth-order valence-corrected chi connectivity index (χ4v) is 2.56. The molecule has 18 heavy (non-hydrogen) atoms. The highest BCUT2D eigenvalue weighted by Crippen LogP contribution is 2.21. The lowest BCUT2D eigenvalue weighted by atomic mass is 9.98. The minimum absolute atomic E-state index is 0.0625. The first-order valence-electron chi connectivity index (χ1n) is 5.89. The zero-order valence-corrected chi connectivity index (χ0v) is 10.7. The van der Waals surface area contributed by atoms with Crippen LogP contribution in [0.2, 0.25) is 0 Å². The minimum atomic E-state index is -3.79. The molecule has 0 spiro atoms. The topological polar surface area (TPSA) is 102 Å². The number of H-pyrrole nitrogens is 1. The van der Waals surface area contributed by atoms with Crippen molar-refractivity contribution in [2.24, 2.45) is 5.14 Å². The number of sulfonamides is 1. The van der Waals surface area contributed by atoms with E-state index in [2.05, 4.69) is 4.98 Å². The molecule has 1 aliphatic rings. The molecule has 1 heterocycles. The summed E-state index contributed by atoms with van der Waals surface area (Å²) in [5.41, 5.74) is 0.115. The van der Waals surface area contributed by atoms with Crippen LogP contribution in [-0.2, 0) is 14.8 Å². The standard InChI is InChI=1S/C11H16N2O4S/c12-18(15,16)9-6-10(13-7-9)11(14)17-8-4-2-1-3-5-8/h6-8,13H,1-5H2,(H2,12,15,16). The van der Waals surface area contributed by atoms with E-state index in [1.54, 1.807) is 0 Å². The lowest BCUT2D eigenvalue weighted by Crippen LogP contribution is -2.21. The van der Waals surface area contributed by atoms with Crippen LogP contribution >= 0.6 is 0 Å². The van der Waals surface area contributed by atoms with E-state index in [4.69, 9.17) is 9.88 Å². The molecule has 0 amide bonds. The first kappa shape index (κ1) is 13.1. The zero-order valence-electron chi connectivity index (χ0n) is 9.89. The largest absolute Gasteiger partial charge is 0.458 e. The van der Waals surface area contributed by atoms with Gasteiger partial charge in [0.25, 0.3) is 0 Å². The molecule has 3 N–H and O–H groups in total. The normalized spacial score (nSPS) is 17.6. The van der Waals surface area contributed by atoms with Gasteiger partial charge in [0.2, 0.25) is 10.0 Å². The van der Waals surface area contributed by atoms with Crippen molar-refractivity contribution < 1.29 is 17.9 Å². The van der Waals surface area contributed by atoms with Gasteiger partial charge in [-0.3, -0.25) is 0 Å². The number of aromatic nitrogens is 1. The van der Waals surface area contributed by atoms with E-state index in [1.165, 1.54) is 18.7 Å². The third-order valence-electron chi connectivity index (χ3n) is 3.03. The van der Waals surface area contributed by atoms with Crippen LogP contribution in [0, 0.1) is 0 Å². The maximum atomic E-state index is 11.8. The minimum Gasteiger partial charge on any atom is -0.458 e. The highest BCUT2D eigenvalue weighted by atomic mass is 32.2. The Morgan fingerprint density at radius 2 is 2.00 bits per heavy atom. The molecule has 0 aliphatic heterocycles. The molecule has 0 atom stereocenters. The number of primary sulfonamides is 1. The number of hydrogen-bond donors (Lipinski definition) is 2. The van der Waals surface area contributed by atoms with Crippen LogP contribution in [-0.4, -0.2) is 25.5 Å². The third kappa shape index (κ3) is 3.11. The molecule has 100 valence electrons. The van der Waals surface area contributed by atoms with Crippen LogP contribution in [0.5, 0.6) is 0 Å². The van der Waals surface area contributed by atoms with Crippen LogP contribution in [0.25, 0.3) is 0 Å². The summed E-state index contributed by atoms with van der Waals surface area (Å²) >= 11 is 0. The summed E-state index contributed by atoms with van der Waals surface area (Å²) in [4.78, 5) is 14.2. The van der Waals surface area contributed by atoms with Crippen LogP contribution < -0.4 is 5.14 Å². The Balaban J connectivity index is 2.02. The number of nitrogens with two attached hydrogens (primary N) is 1. The van der Waals surface area contributed by atoms with Gasteiger partial charge in [-0.05, 0) is 31.7 Å². The SMILES string of the molecule is NS(=O)(=O)c1c[nH]c(C(=O)OC2CCCCC2)c1. The molecule has 6 nitrogen and oxygen atoms in total. The smallest absolute Gasteiger partial charge is 0.355 e. The van der Waals surface area contributed by atoms with Gasteiger partial charge in [-0.15, -0.1) is 0 Å². The zero-order chi connectivity index (χ0) is 13.2. The highest BCUT2D eigenvalue weighted by molar-refractivity contribution is 7.89. The second-order valence-corrected chi connectivity index (χ2v) is 6.02. The molecular formula is C11H16N2O4S. The molecule has 1 saturated carbocycles. The van der Waals surface area contributed by atoms with Gasteiger partial charge in [-0.25, -0.2) is 18.4 Å². The number of carbonyl (C=O) groups excluding carboxylic acids is 1. The lowest BCUT2D eigenvalue weighted by molar-refractivity contribution is 0.0205. The van der Waals surface area contributed by atoms with Crippen molar-refractivity contribution in [3.63, 3.8) is 0 Å². The molecule has 2 rings (SSSR count). The Bertz CT molecular complexity index is 529. The number of esters is 1. The van der Waals surface area contributed by atoms with Crippen molar-refractivity contribution in [3.8, 4) is 0 Å². The van der Waals surface area contributed by atoms with Crippen LogP contribution in [0.1, 0.15) is 42.6 Å². The van der Waals surface area contributed by atoms with Gasteiger partial charge in [-0.2, -0.15) is 0 Å². The van der Waals surface area contributed by atoms with E-state index in [0.29, 0.717) is 0 Å². The predicted molar refractivity (Wildman–Crippen MR) is 64.5 cm³/mol. The van der Waals surface area contributed by atoms with Crippen molar-refractivity contribution in [3.05, 3.63) is 18.0 Å². The molecule has 0 radical (unpaired) electrons. The average molecular weight is 272 g/mol. The van der Waals surface area contributed by atoms with Crippen molar-refractivity contribution in [2.45, 2.75) is 43.1 Å². The quantitative estimate of drug-likeness (QED) is 0.806. The van der Waals surface area contributed by atoms with E-state index < -0.39 is 16.0 Å². The molecule has 1 aromatic rings.